The first-order valence-corrected chi connectivity index (χ1v) is 14.6. The Kier molecular flexibility index (Phi) is 9.47. The van der Waals surface area contributed by atoms with E-state index in [1.165, 1.54) is 22.0 Å². The van der Waals surface area contributed by atoms with E-state index in [2.05, 4.69) is 20.6 Å². The van der Waals surface area contributed by atoms with Crippen LogP contribution in [-0.4, -0.2) is 79.7 Å². The highest BCUT2D eigenvalue weighted by Gasteiger charge is 2.35. The number of carbonyl (C=O) groups is 3. The van der Waals surface area contributed by atoms with Crippen LogP contribution in [0.1, 0.15) is 60.6 Å². The number of aliphatic hydroxyl groups excluding tert-OH is 1. The zero-order valence-electron chi connectivity index (χ0n) is 24.5. The third-order valence-corrected chi connectivity index (χ3v) is 8.28. The fourth-order valence-electron chi connectivity index (χ4n) is 5.89. The molecule has 0 bridgehead atoms. The van der Waals surface area contributed by atoms with Gasteiger partial charge in [0, 0.05) is 31.0 Å². The molecule has 2 N–H and O–H groups in total. The Morgan fingerprint density at radius 1 is 1.18 bits per heavy atom. The summed E-state index contributed by atoms with van der Waals surface area (Å²) in [5, 5.41) is 19.5. The minimum absolute atomic E-state index is 0.0537. The second-order valence-corrected chi connectivity index (χ2v) is 11.3. The number of benzene rings is 1. The van der Waals surface area contributed by atoms with Gasteiger partial charge in [-0.15, -0.1) is 5.10 Å². The summed E-state index contributed by atoms with van der Waals surface area (Å²) in [6.07, 6.45) is 5.02. The van der Waals surface area contributed by atoms with E-state index in [0.717, 1.165) is 12.1 Å². The highest BCUT2D eigenvalue weighted by Crippen LogP contribution is 2.37. The number of likely N-dealkylation sites (tertiary alicyclic amines) is 1. The molecule has 3 amide bonds. The van der Waals surface area contributed by atoms with Crippen molar-refractivity contribution in [3.05, 3.63) is 71.3 Å². The van der Waals surface area contributed by atoms with Crippen LogP contribution in [0.4, 0.5) is 19.3 Å². The number of nitrogens with zero attached hydrogens (tertiary/aromatic N) is 6. The van der Waals surface area contributed by atoms with Crippen molar-refractivity contribution in [1.82, 2.24) is 30.2 Å². The van der Waals surface area contributed by atoms with Crippen LogP contribution in [-0.2, 0) is 22.7 Å². The van der Waals surface area contributed by atoms with Gasteiger partial charge in [0.2, 0.25) is 5.91 Å². The standard InChI is InChI=1S/C30H35F2N7O5/c1-18(20-6-4-9-37(10-7-20)29(42)19(2)34-28(41)21-5-3-8-33-13-21)27-25(31)11-23(12-26(27)32)39-16-24(44-30(39)43)15-38-14-22(17-40)35-36-38/h3,5,8,11-14,18-20,24,40H,4,6-7,9-10,15-17H2,1-2H3,(H,34,41). The molecule has 3 aromatic rings. The number of carbonyl (C=O) groups excluding carboxylic acids is 3. The van der Waals surface area contributed by atoms with Crippen molar-refractivity contribution in [3.8, 4) is 0 Å². The van der Waals surface area contributed by atoms with Gasteiger partial charge in [-0.2, -0.15) is 0 Å². The molecule has 2 fully saturated rings. The highest BCUT2D eigenvalue weighted by atomic mass is 19.1. The van der Waals surface area contributed by atoms with Gasteiger partial charge in [-0.1, -0.05) is 12.1 Å². The van der Waals surface area contributed by atoms with Crippen LogP contribution in [0, 0.1) is 17.6 Å². The van der Waals surface area contributed by atoms with E-state index in [1.807, 2.05) is 0 Å². The molecule has 2 aliphatic rings. The van der Waals surface area contributed by atoms with Crippen LogP contribution in [0.3, 0.4) is 0 Å². The van der Waals surface area contributed by atoms with Crippen molar-refractivity contribution >= 4 is 23.6 Å². The number of halogens is 2. The van der Waals surface area contributed by atoms with E-state index in [9.17, 15) is 14.4 Å². The van der Waals surface area contributed by atoms with Gasteiger partial charge in [-0.05, 0) is 62.3 Å². The van der Waals surface area contributed by atoms with Crippen LogP contribution in [0.2, 0.25) is 0 Å². The summed E-state index contributed by atoms with van der Waals surface area (Å²) in [6, 6.07) is 4.81. The second kappa shape index (κ2) is 13.5. The Morgan fingerprint density at radius 2 is 1.95 bits per heavy atom. The van der Waals surface area contributed by atoms with Gasteiger partial charge in [0.1, 0.15) is 29.5 Å². The van der Waals surface area contributed by atoms with E-state index in [1.54, 1.807) is 37.1 Å². The molecule has 44 heavy (non-hydrogen) atoms. The van der Waals surface area contributed by atoms with Gasteiger partial charge in [0.05, 0.1) is 37.1 Å². The molecule has 4 atom stereocenters. The number of aromatic nitrogens is 4. The van der Waals surface area contributed by atoms with Crippen molar-refractivity contribution in [2.45, 2.75) is 64.3 Å². The summed E-state index contributed by atoms with van der Waals surface area (Å²) in [7, 11) is 0. The summed E-state index contributed by atoms with van der Waals surface area (Å²) < 4.78 is 37.8. The van der Waals surface area contributed by atoms with Gasteiger partial charge in [0.25, 0.3) is 5.91 Å². The minimum atomic E-state index is -0.753. The van der Waals surface area contributed by atoms with E-state index >= 15 is 8.78 Å². The summed E-state index contributed by atoms with van der Waals surface area (Å²) in [4.78, 5) is 44.9. The first-order valence-electron chi connectivity index (χ1n) is 14.6. The zero-order valence-corrected chi connectivity index (χ0v) is 24.5. The number of cyclic esters (lactones) is 1. The molecular formula is C30H35F2N7O5. The molecule has 12 nitrogen and oxygen atoms in total. The molecule has 4 heterocycles. The van der Waals surface area contributed by atoms with Gasteiger partial charge >= 0.3 is 6.09 Å². The molecule has 5 rings (SSSR count). The molecule has 2 aromatic heterocycles. The molecular weight excluding hydrogens is 576 g/mol. The first-order chi connectivity index (χ1) is 21.1. The molecule has 0 saturated carbocycles. The average molecular weight is 612 g/mol. The molecule has 0 radical (unpaired) electrons. The number of amides is 3. The topological polar surface area (TPSA) is 143 Å². The largest absolute Gasteiger partial charge is 0.442 e. The van der Waals surface area contributed by atoms with Crippen molar-refractivity contribution in [3.63, 3.8) is 0 Å². The lowest BCUT2D eigenvalue weighted by Crippen LogP contribution is -2.47. The van der Waals surface area contributed by atoms with Crippen LogP contribution < -0.4 is 10.2 Å². The SMILES string of the molecule is CC(NC(=O)c1cccnc1)C(=O)N1CCCC(C(C)c2c(F)cc(N3CC(Cn4cc(CO)nn4)OC3=O)cc2F)CC1. The third kappa shape index (κ3) is 6.85. The predicted molar refractivity (Wildman–Crippen MR) is 153 cm³/mol. The normalized spacial score (nSPS) is 20.2. The molecule has 2 aliphatic heterocycles. The molecule has 234 valence electrons. The number of hydrogen-bond acceptors (Lipinski definition) is 8. The molecule has 0 spiro atoms. The number of nitrogens with one attached hydrogen (secondary N) is 1. The van der Waals surface area contributed by atoms with Gasteiger partial charge in [-0.25, -0.2) is 18.3 Å². The van der Waals surface area contributed by atoms with E-state index in [0.29, 0.717) is 43.6 Å². The number of pyridine rings is 1. The molecule has 1 aromatic carbocycles. The fraction of sp³-hybridized carbons (Fsp3) is 0.467. The quantitative estimate of drug-likeness (QED) is 0.376. The van der Waals surface area contributed by atoms with E-state index in [4.69, 9.17) is 9.84 Å². The first kappa shape index (κ1) is 31.0. The Morgan fingerprint density at radius 3 is 2.64 bits per heavy atom. The molecule has 4 unspecified atom stereocenters. The minimum Gasteiger partial charge on any atom is -0.442 e. The van der Waals surface area contributed by atoms with E-state index in [-0.39, 0.29) is 48.7 Å². The summed E-state index contributed by atoms with van der Waals surface area (Å²) >= 11 is 0. The summed E-state index contributed by atoms with van der Waals surface area (Å²) in [6.45, 7) is 4.25. The number of aliphatic hydroxyl groups is 1. The highest BCUT2D eigenvalue weighted by molar-refractivity contribution is 5.97. The second-order valence-electron chi connectivity index (χ2n) is 11.3. The molecule has 0 aliphatic carbocycles. The Balaban J connectivity index is 1.20. The fourth-order valence-corrected chi connectivity index (χ4v) is 5.89. The Labute approximate surface area is 253 Å². The lowest BCUT2D eigenvalue weighted by Gasteiger charge is -2.26. The zero-order chi connectivity index (χ0) is 31.4. The van der Waals surface area contributed by atoms with Gasteiger partial charge < -0.3 is 20.1 Å². The maximum absolute atomic E-state index is 15.5. The maximum Gasteiger partial charge on any atom is 0.414 e. The van der Waals surface area contributed by atoms with Crippen LogP contribution >= 0.6 is 0 Å². The number of hydrogen-bond donors (Lipinski definition) is 2. The van der Waals surface area contributed by atoms with Crippen molar-refractivity contribution in [2.24, 2.45) is 5.92 Å². The lowest BCUT2D eigenvalue weighted by molar-refractivity contribution is -0.132. The predicted octanol–water partition coefficient (Wildman–Crippen LogP) is 3.02. The third-order valence-electron chi connectivity index (χ3n) is 8.28. The monoisotopic (exact) mass is 611 g/mol. The molecule has 2 saturated heterocycles. The smallest absolute Gasteiger partial charge is 0.414 e. The van der Waals surface area contributed by atoms with Crippen molar-refractivity contribution in [2.75, 3.05) is 24.5 Å². The maximum atomic E-state index is 15.5. The Hall–Kier alpha value is -4.46. The molecule has 14 heteroatoms. The summed E-state index contributed by atoms with van der Waals surface area (Å²) in [5.41, 5.74) is 0.724. The lowest BCUT2D eigenvalue weighted by atomic mass is 9.82. The average Bonchev–Trinajstić information content (AvgIpc) is 3.53. The van der Waals surface area contributed by atoms with E-state index < -0.39 is 35.8 Å². The number of rotatable bonds is 9. The van der Waals surface area contributed by atoms with Crippen LogP contribution in [0.15, 0.2) is 42.9 Å². The van der Waals surface area contributed by atoms with Crippen LogP contribution in [0.25, 0.3) is 0 Å². The van der Waals surface area contributed by atoms with Crippen molar-refractivity contribution < 1.29 is 33.0 Å². The number of anilines is 1. The number of ether oxygens (including phenoxy) is 1. The Bertz CT molecular complexity index is 1480. The summed E-state index contributed by atoms with van der Waals surface area (Å²) in [5.74, 6) is -2.68. The van der Waals surface area contributed by atoms with Gasteiger partial charge in [-0.3, -0.25) is 19.5 Å². The van der Waals surface area contributed by atoms with Crippen molar-refractivity contribution in [1.29, 1.82) is 0 Å². The van der Waals surface area contributed by atoms with Crippen LogP contribution in [0.5, 0.6) is 0 Å². The van der Waals surface area contributed by atoms with Gasteiger partial charge in [0.15, 0.2) is 0 Å².